The minimum Gasteiger partial charge on any atom is -0.477 e. The van der Waals surface area contributed by atoms with Crippen molar-refractivity contribution in [3.05, 3.63) is 21.4 Å². The number of aliphatic hydroxyl groups is 1. The Hall–Kier alpha value is -0.910. The Morgan fingerprint density at radius 2 is 2.22 bits per heavy atom. The highest BCUT2D eigenvalue weighted by molar-refractivity contribution is 7.14. The summed E-state index contributed by atoms with van der Waals surface area (Å²) in [5, 5.41) is 21.4. The number of rotatable bonds is 7. The molecule has 0 saturated carbocycles. The minimum absolute atomic E-state index is 0.105. The normalized spacial score (nSPS) is 14.4. The molecule has 0 aliphatic rings. The molecule has 0 spiro atoms. The molecule has 4 nitrogen and oxygen atoms in total. The summed E-state index contributed by atoms with van der Waals surface area (Å²) in [6, 6.07) is 1.73. The van der Waals surface area contributed by atoms with Crippen molar-refractivity contribution in [2.45, 2.75) is 45.7 Å². The van der Waals surface area contributed by atoms with E-state index in [1.165, 1.54) is 11.3 Å². The van der Waals surface area contributed by atoms with E-state index in [1.54, 1.807) is 6.07 Å². The van der Waals surface area contributed by atoms with E-state index in [1.807, 2.05) is 6.92 Å². The summed E-state index contributed by atoms with van der Waals surface area (Å²) in [4.78, 5) is 12.3. The second-order valence-corrected chi connectivity index (χ2v) is 5.99. The van der Waals surface area contributed by atoms with Gasteiger partial charge in [-0.05, 0) is 38.3 Å². The van der Waals surface area contributed by atoms with Gasteiger partial charge in [-0.1, -0.05) is 6.92 Å². The molecule has 0 aromatic carbocycles. The zero-order valence-corrected chi connectivity index (χ0v) is 11.9. The van der Waals surface area contributed by atoms with Crippen LogP contribution in [-0.2, 0) is 6.54 Å². The summed E-state index contributed by atoms with van der Waals surface area (Å²) in [5.41, 5.74) is 0.919. The molecule has 1 aromatic heterocycles. The molecule has 0 saturated heterocycles. The number of carboxylic acids is 1. The number of thiophene rings is 1. The van der Waals surface area contributed by atoms with Crippen molar-refractivity contribution in [2.75, 3.05) is 6.61 Å². The fraction of sp³-hybridized carbons (Fsp3) is 0.615. The summed E-state index contributed by atoms with van der Waals surface area (Å²) in [5.74, 6) is -0.872. The molecule has 1 heterocycles. The molecule has 102 valence electrons. The number of hydrogen-bond donors (Lipinski definition) is 3. The fourth-order valence-corrected chi connectivity index (χ4v) is 2.63. The van der Waals surface area contributed by atoms with E-state index in [0.29, 0.717) is 17.8 Å². The van der Waals surface area contributed by atoms with Gasteiger partial charge >= 0.3 is 5.97 Å². The SMILES string of the molecule is CCC(C)(CCO)NCc1cc(C(=O)O)sc1C. The first-order chi connectivity index (χ1) is 8.41. The van der Waals surface area contributed by atoms with Crippen molar-refractivity contribution in [1.82, 2.24) is 5.32 Å². The Bertz CT molecular complexity index is 416. The van der Waals surface area contributed by atoms with Crippen LogP contribution < -0.4 is 5.32 Å². The number of nitrogens with one attached hydrogen (secondary N) is 1. The van der Waals surface area contributed by atoms with Gasteiger partial charge in [0.1, 0.15) is 4.88 Å². The van der Waals surface area contributed by atoms with Crippen LogP contribution in [0.1, 0.15) is 46.8 Å². The summed E-state index contributed by atoms with van der Waals surface area (Å²) < 4.78 is 0. The van der Waals surface area contributed by atoms with Gasteiger partial charge < -0.3 is 15.5 Å². The number of hydrogen-bond acceptors (Lipinski definition) is 4. The monoisotopic (exact) mass is 271 g/mol. The van der Waals surface area contributed by atoms with Gasteiger partial charge in [-0.25, -0.2) is 4.79 Å². The van der Waals surface area contributed by atoms with Gasteiger partial charge in [0.25, 0.3) is 0 Å². The maximum Gasteiger partial charge on any atom is 0.345 e. The van der Waals surface area contributed by atoms with Crippen LogP contribution in [0.5, 0.6) is 0 Å². The third-order valence-electron chi connectivity index (χ3n) is 3.38. The highest BCUT2D eigenvalue weighted by atomic mass is 32.1. The molecule has 1 rings (SSSR count). The Kier molecular flexibility index (Phi) is 5.31. The maximum atomic E-state index is 10.9. The Morgan fingerprint density at radius 3 is 2.67 bits per heavy atom. The standard InChI is InChI=1S/C13H21NO3S/c1-4-13(3,5-6-15)14-8-10-7-11(12(16)17)18-9(10)2/h7,14-15H,4-6,8H2,1-3H3,(H,16,17). The highest BCUT2D eigenvalue weighted by Crippen LogP contribution is 2.23. The lowest BCUT2D eigenvalue weighted by Gasteiger charge is -2.29. The molecule has 1 unspecified atom stereocenters. The zero-order chi connectivity index (χ0) is 13.8. The van der Waals surface area contributed by atoms with E-state index in [9.17, 15) is 4.79 Å². The van der Waals surface area contributed by atoms with E-state index >= 15 is 0 Å². The number of aromatic carboxylic acids is 1. The average molecular weight is 271 g/mol. The zero-order valence-electron chi connectivity index (χ0n) is 11.1. The van der Waals surface area contributed by atoms with Crippen molar-refractivity contribution in [3.8, 4) is 0 Å². The van der Waals surface area contributed by atoms with E-state index < -0.39 is 5.97 Å². The van der Waals surface area contributed by atoms with Crippen LogP contribution >= 0.6 is 11.3 Å². The van der Waals surface area contributed by atoms with Crippen LogP contribution in [0.3, 0.4) is 0 Å². The van der Waals surface area contributed by atoms with E-state index in [0.717, 1.165) is 16.9 Å². The summed E-state index contributed by atoms with van der Waals surface area (Å²) in [7, 11) is 0. The van der Waals surface area contributed by atoms with Crippen LogP contribution in [0.2, 0.25) is 0 Å². The van der Waals surface area contributed by atoms with E-state index in [-0.39, 0.29) is 12.1 Å². The highest BCUT2D eigenvalue weighted by Gasteiger charge is 2.21. The first-order valence-electron chi connectivity index (χ1n) is 6.10. The predicted molar refractivity (Wildman–Crippen MR) is 73.3 cm³/mol. The van der Waals surface area contributed by atoms with Gasteiger partial charge in [0.05, 0.1) is 0 Å². The summed E-state index contributed by atoms with van der Waals surface area (Å²) in [6.45, 7) is 6.87. The molecule has 0 bridgehead atoms. The topological polar surface area (TPSA) is 69.6 Å². The van der Waals surface area contributed by atoms with Gasteiger partial charge in [-0.3, -0.25) is 0 Å². The molecule has 18 heavy (non-hydrogen) atoms. The molecular formula is C13H21NO3S. The Balaban J connectivity index is 2.70. The molecule has 3 N–H and O–H groups in total. The third-order valence-corrected chi connectivity index (χ3v) is 4.46. The lowest BCUT2D eigenvalue weighted by molar-refractivity contribution is 0.0702. The average Bonchev–Trinajstić information content (AvgIpc) is 2.69. The van der Waals surface area contributed by atoms with Crippen molar-refractivity contribution in [1.29, 1.82) is 0 Å². The predicted octanol–water partition coefficient (Wildman–Crippen LogP) is 2.40. The van der Waals surface area contributed by atoms with Crippen LogP contribution in [0.15, 0.2) is 6.07 Å². The molecule has 0 radical (unpaired) electrons. The van der Waals surface area contributed by atoms with Crippen LogP contribution in [0, 0.1) is 6.92 Å². The summed E-state index contributed by atoms with van der Waals surface area (Å²) in [6.07, 6.45) is 1.61. The fourth-order valence-electron chi connectivity index (χ4n) is 1.75. The molecule has 1 aromatic rings. The van der Waals surface area contributed by atoms with Gasteiger partial charge in [-0.15, -0.1) is 11.3 Å². The van der Waals surface area contributed by atoms with Gasteiger partial charge in [0.15, 0.2) is 0 Å². The van der Waals surface area contributed by atoms with Crippen LogP contribution in [0.25, 0.3) is 0 Å². The van der Waals surface area contributed by atoms with Crippen LogP contribution in [0.4, 0.5) is 0 Å². The van der Waals surface area contributed by atoms with E-state index in [2.05, 4.69) is 19.2 Å². The number of carbonyl (C=O) groups is 1. The Morgan fingerprint density at radius 1 is 1.56 bits per heavy atom. The lowest BCUT2D eigenvalue weighted by atomic mass is 9.94. The molecular weight excluding hydrogens is 250 g/mol. The quantitative estimate of drug-likeness (QED) is 0.712. The molecule has 0 amide bonds. The van der Waals surface area contributed by atoms with Gasteiger partial charge in [-0.2, -0.15) is 0 Å². The molecule has 0 aliphatic carbocycles. The number of carboxylic acid groups (broad SMARTS) is 1. The third kappa shape index (κ3) is 3.80. The molecule has 0 fully saturated rings. The largest absolute Gasteiger partial charge is 0.477 e. The minimum atomic E-state index is -0.872. The van der Waals surface area contributed by atoms with Crippen molar-refractivity contribution in [2.24, 2.45) is 0 Å². The number of aliphatic hydroxyl groups excluding tert-OH is 1. The first kappa shape index (κ1) is 15.1. The van der Waals surface area contributed by atoms with E-state index in [4.69, 9.17) is 10.2 Å². The lowest BCUT2D eigenvalue weighted by Crippen LogP contribution is -2.42. The van der Waals surface area contributed by atoms with Gasteiger partial charge in [0, 0.05) is 23.6 Å². The number of aryl methyl sites for hydroxylation is 1. The van der Waals surface area contributed by atoms with Crippen molar-refractivity contribution >= 4 is 17.3 Å². The molecule has 1 atom stereocenters. The molecule has 0 aliphatic heterocycles. The second kappa shape index (κ2) is 6.31. The van der Waals surface area contributed by atoms with Crippen molar-refractivity contribution < 1.29 is 15.0 Å². The summed E-state index contributed by atoms with van der Waals surface area (Å²) >= 11 is 1.31. The van der Waals surface area contributed by atoms with Gasteiger partial charge in [0.2, 0.25) is 0 Å². The first-order valence-corrected chi connectivity index (χ1v) is 6.92. The maximum absolute atomic E-state index is 10.9. The van der Waals surface area contributed by atoms with Crippen molar-refractivity contribution in [3.63, 3.8) is 0 Å². The smallest absolute Gasteiger partial charge is 0.345 e. The Labute approximate surface area is 112 Å². The molecule has 5 heteroatoms. The van der Waals surface area contributed by atoms with Crippen LogP contribution in [-0.4, -0.2) is 28.3 Å². The second-order valence-electron chi connectivity index (χ2n) is 4.74.